The van der Waals surface area contributed by atoms with E-state index < -0.39 is 41.8 Å². The van der Waals surface area contributed by atoms with E-state index in [0.29, 0.717) is 42.5 Å². The van der Waals surface area contributed by atoms with Crippen molar-refractivity contribution in [1.82, 2.24) is 24.8 Å². The summed E-state index contributed by atoms with van der Waals surface area (Å²) >= 11 is 0. The predicted octanol–water partition coefficient (Wildman–Crippen LogP) is 9.93. The second kappa shape index (κ2) is 20.0. The van der Waals surface area contributed by atoms with Crippen molar-refractivity contribution in [2.24, 2.45) is 0 Å². The number of ether oxygens (including phenoxy) is 4. The number of carbonyl (C=O) groups is 2. The van der Waals surface area contributed by atoms with Crippen LogP contribution in [-0.2, 0) is 33.8 Å². The van der Waals surface area contributed by atoms with Gasteiger partial charge < -0.3 is 29.2 Å². The molecule has 4 aromatic carbocycles. The van der Waals surface area contributed by atoms with Gasteiger partial charge in [0, 0.05) is 23.2 Å². The number of aryl methyl sites for hydroxylation is 1. The van der Waals surface area contributed by atoms with Gasteiger partial charge in [0.2, 0.25) is 0 Å². The quantitative estimate of drug-likeness (QED) is 0.0974. The van der Waals surface area contributed by atoms with Crippen LogP contribution in [0.5, 0.6) is 5.75 Å². The molecule has 0 bridgehead atoms. The number of alkyl halides is 3. The molecule has 7 rings (SSSR count). The summed E-state index contributed by atoms with van der Waals surface area (Å²) in [6.07, 6.45) is -2.09. The van der Waals surface area contributed by atoms with Gasteiger partial charge in [-0.1, -0.05) is 86.1 Å². The van der Waals surface area contributed by atoms with E-state index in [1.54, 1.807) is 36.1 Å². The Morgan fingerprint density at radius 1 is 0.921 bits per heavy atom. The van der Waals surface area contributed by atoms with Gasteiger partial charge in [0.1, 0.15) is 18.9 Å². The van der Waals surface area contributed by atoms with Crippen LogP contribution in [0.1, 0.15) is 67.8 Å². The Bertz CT molecular complexity index is 2550. The number of carbonyl (C=O) groups excluding carboxylic acids is 2. The predicted molar refractivity (Wildman–Crippen MR) is 227 cm³/mol. The minimum Gasteiger partial charge on any atom is -0.445 e. The Hall–Kier alpha value is -6.68. The standard InChI is InChI=1S/C47H47F4N5O7/c1-3-11-37-28-60-29-40(56(37)46(59)62-27-32-15-8-5-9-16-32)34-18-20-36(21-19-34)55-25-35-24-39(53-43(35)54-44(55)57)38-22-33(23-41(42(38)48)63-47(49,50)51)17-10-12-30(2)52-45(58)61-26-31-13-6-4-7-14-31/h4-9,13-16,18-25,30,37,40H,3,10-12,17,26-29H2,1-2H3,(H,52,58)(H,53,54,57)/t30-,37-,40-/m0/s1. The van der Waals surface area contributed by atoms with Crippen LogP contribution >= 0.6 is 0 Å². The van der Waals surface area contributed by atoms with Crippen LogP contribution in [0.4, 0.5) is 27.2 Å². The molecule has 0 saturated carbocycles. The first-order chi connectivity index (χ1) is 30.3. The van der Waals surface area contributed by atoms with Crippen molar-refractivity contribution in [2.75, 3.05) is 13.2 Å². The molecule has 6 aromatic rings. The number of rotatable bonds is 15. The smallest absolute Gasteiger partial charge is 0.445 e. The number of nitrogens with one attached hydrogen (secondary N) is 2. The van der Waals surface area contributed by atoms with E-state index in [1.165, 1.54) is 22.9 Å². The molecular weight excluding hydrogens is 823 g/mol. The molecule has 3 atom stereocenters. The molecule has 63 heavy (non-hydrogen) atoms. The van der Waals surface area contributed by atoms with Gasteiger partial charge in [-0.2, -0.15) is 4.98 Å². The summed E-state index contributed by atoms with van der Waals surface area (Å²) < 4.78 is 78.6. The molecule has 2 N–H and O–H groups in total. The molecule has 2 aromatic heterocycles. The fourth-order valence-electron chi connectivity index (χ4n) is 7.64. The van der Waals surface area contributed by atoms with E-state index in [1.807, 2.05) is 67.6 Å². The van der Waals surface area contributed by atoms with E-state index >= 15 is 4.39 Å². The lowest BCUT2D eigenvalue weighted by molar-refractivity contribution is -0.275. The number of halogens is 4. The second-order valence-corrected chi connectivity index (χ2v) is 15.4. The van der Waals surface area contributed by atoms with Crippen molar-refractivity contribution >= 4 is 23.2 Å². The fourth-order valence-corrected chi connectivity index (χ4v) is 7.64. The zero-order valence-corrected chi connectivity index (χ0v) is 34.7. The van der Waals surface area contributed by atoms with Gasteiger partial charge in [-0.3, -0.25) is 9.47 Å². The summed E-state index contributed by atoms with van der Waals surface area (Å²) in [6.45, 7) is 4.65. The highest BCUT2D eigenvalue weighted by molar-refractivity contribution is 5.83. The average molecular weight is 870 g/mol. The number of hydrogen-bond donors (Lipinski definition) is 2. The third-order valence-electron chi connectivity index (χ3n) is 10.7. The number of nitrogens with zero attached hydrogens (tertiary/aromatic N) is 3. The fraction of sp³-hybridized carbons (Fsp3) is 0.319. The molecule has 3 heterocycles. The third kappa shape index (κ3) is 11.4. The summed E-state index contributed by atoms with van der Waals surface area (Å²) in [4.78, 5) is 48.0. The first-order valence-electron chi connectivity index (χ1n) is 20.7. The number of hydrogen-bond acceptors (Lipinski definition) is 8. The number of aromatic amines is 1. The SMILES string of the molecule is CCC[C@H]1COC[C@@H](c2ccc(-n3cc4cc(-c5cc(CCC[C@H](C)NC(=O)OCc6ccccc6)cc(OC(F)(F)F)c5F)[nH]c4nc3=O)cc2)N1C(=O)OCc1ccccc1. The number of H-pyrrole nitrogens is 1. The summed E-state index contributed by atoms with van der Waals surface area (Å²) in [7, 11) is 0. The molecule has 2 amide bonds. The topological polar surface area (TPSA) is 137 Å². The molecule has 0 spiro atoms. The Balaban J connectivity index is 1.07. The number of aromatic nitrogens is 3. The minimum absolute atomic E-state index is 0.0748. The van der Waals surface area contributed by atoms with Crippen LogP contribution < -0.4 is 15.7 Å². The molecule has 12 nitrogen and oxygen atoms in total. The van der Waals surface area contributed by atoms with Gasteiger partial charge in [-0.25, -0.2) is 18.8 Å². The van der Waals surface area contributed by atoms with E-state index in [4.69, 9.17) is 14.2 Å². The monoisotopic (exact) mass is 869 g/mol. The largest absolute Gasteiger partial charge is 0.573 e. The summed E-state index contributed by atoms with van der Waals surface area (Å²) in [6, 6.07) is 28.5. The lowest BCUT2D eigenvalue weighted by Gasteiger charge is -2.41. The molecule has 16 heteroatoms. The van der Waals surface area contributed by atoms with E-state index in [0.717, 1.165) is 29.2 Å². The van der Waals surface area contributed by atoms with Gasteiger partial charge in [0.25, 0.3) is 0 Å². The first-order valence-corrected chi connectivity index (χ1v) is 20.7. The van der Waals surface area contributed by atoms with Crippen LogP contribution in [0.2, 0.25) is 0 Å². The highest BCUT2D eigenvalue weighted by Gasteiger charge is 2.37. The average Bonchev–Trinajstić information content (AvgIpc) is 3.68. The van der Waals surface area contributed by atoms with Gasteiger partial charge >= 0.3 is 24.2 Å². The highest BCUT2D eigenvalue weighted by atomic mass is 19.4. The molecule has 330 valence electrons. The first kappa shape index (κ1) is 44.4. The van der Waals surface area contributed by atoms with Crippen LogP contribution in [0.3, 0.4) is 0 Å². The van der Waals surface area contributed by atoms with Crippen molar-refractivity contribution in [3.63, 3.8) is 0 Å². The van der Waals surface area contributed by atoms with Gasteiger partial charge in [0.15, 0.2) is 11.6 Å². The summed E-state index contributed by atoms with van der Waals surface area (Å²) in [5.41, 5.74) is 2.54. The Morgan fingerprint density at radius 2 is 1.60 bits per heavy atom. The van der Waals surface area contributed by atoms with Gasteiger partial charge in [-0.15, -0.1) is 13.2 Å². The Morgan fingerprint density at radius 3 is 2.27 bits per heavy atom. The number of benzene rings is 4. The third-order valence-corrected chi connectivity index (χ3v) is 10.7. The lowest BCUT2D eigenvalue weighted by Crippen LogP contribution is -2.50. The molecule has 1 saturated heterocycles. The molecular formula is C47H47F4N5O7. The molecule has 1 aliphatic heterocycles. The molecule has 1 fully saturated rings. The lowest BCUT2D eigenvalue weighted by atomic mass is 10.0. The second-order valence-electron chi connectivity index (χ2n) is 15.4. The van der Waals surface area contributed by atoms with E-state index in [2.05, 4.69) is 20.0 Å². The van der Waals surface area contributed by atoms with Crippen LogP contribution in [0.25, 0.3) is 28.0 Å². The zero-order chi connectivity index (χ0) is 44.5. The number of amides is 2. The Kier molecular flexibility index (Phi) is 14.1. The maximum Gasteiger partial charge on any atom is 0.573 e. The van der Waals surface area contributed by atoms with Crippen molar-refractivity contribution in [3.05, 3.63) is 148 Å². The maximum atomic E-state index is 15.8. The van der Waals surface area contributed by atoms with Crippen LogP contribution in [-0.4, -0.2) is 63.3 Å². The van der Waals surface area contributed by atoms with Crippen LogP contribution in [0, 0.1) is 5.82 Å². The molecule has 0 radical (unpaired) electrons. The van der Waals surface area contributed by atoms with Crippen molar-refractivity contribution < 1.29 is 46.1 Å². The number of fused-ring (bicyclic) bond motifs is 1. The summed E-state index contributed by atoms with van der Waals surface area (Å²) in [5, 5.41) is 3.12. The number of morpholine rings is 1. The molecule has 0 unspecified atom stereocenters. The van der Waals surface area contributed by atoms with Crippen molar-refractivity contribution in [1.29, 1.82) is 0 Å². The van der Waals surface area contributed by atoms with E-state index in [-0.39, 0.29) is 55.2 Å². The number of alkyl carbamates (subject to hydrolysis) is 1. The van der Waals surface area contributed by atoms with Crippen molar-refractivity contribution in [2.45, 2.75) is 83.7 Å². The minimum atomic E-state index is -5.17. The van der Waals surface area contributed by atoms with Crippen LogP contribution in [0.15, 0.2) is 114 Å². The van der Waals surface area contributed by atoms with E-state index in [9.17, 15) is 27.6 Å². The van der Waals surface area contributed by atoms with Gasteiger partial charge in [0.05, 0.1) is 36.7 Å². The molecule has 0 aliphatic carbocycles. The maximum absolute atomic E-state index is 15.8. The van der Waals surface area contributed by atoms with Gasteiger partial charge in [-0.05, 0) is 85.2 Å². The van der Waals surface area contributed by atoms with Crippen molar-refractivity contribution in [3.8, 4) is 22.7 Å². The summed E-state index contributed by atoms with van der Waals surface area (Å²) in [5.74, 6) is -2.26. The zero-order valence-electron chi connectivity index (χ0n) is 34.7. The normalized spacial score (nSPS) is 15.8. The molecule has 1 aliphatic rings. The Labute approximate surface area is 360 Å². The highest BCUT2D eigenvalue weighted by Crippen LogP contribution is 2.36.